The van der Waals surface area contributed by atoms with Crippen molar-refractivity contribution in [3.05, 3.63) is 0 Å². The first-order chi connectivity index (χ1) is 7.42. The molecule has 0 fully saturated rings. The Bertz CT molecular complexity index is 222. The van der Waals surface area contributed by atoms with Gasteiger partial charge in [-0.3, -0.25) is 9.59 Å². The Hall–Kier alpha value is -0.140. The first kappa shape index (κ1) is 15.9. The summed E-state index contributed by atoms with van der Waals surface area (Å²) >= 11 is 6.23. The van der Waals surface area contributed by atoms with Crippen LogP contribution in [-0.4, -0.2) is 46.0 Å². The highest BCUT2D eigenvalue weighted by Gasteiger charge is 2.30. The highest BCUT2D eigenvalue weighted by Crippen LogP contribution is 2.13. The fourth-order valence-electron chi connectivity index (χ4n) is 1.05. The number of hydrogen-bond acceptors (Lipinski definition) is 5. The lowest BCUT2D eigenvalue weighted by Crippen LogP contribution is -2.44. The minimum atomic E-state index is -1.08. The summed E-state index contributed by atoms with van der Waals surface area (Å²) in [6, 6.07) is 0. The van der Waals surface area contributed by atoms with E-state index in [9.17, 15) is 14.7 Å². The Morgan fingerprint density at radius 1 is 1.06 bits per heavy atom. The molecule has 7 heteroatoms. The van der Waals surface area contributed by atoms with E-state index < -0.39 is 30.3 Å². The van der Waals surface area contributed by atoms with Crippen LogP contribution in [0.5, 0.6) is 0 Å². The Kier molecular flexibility index (Phi) is 7.96. The Balaban J connectivity index is 4.48. The van der Waals surface area contributed by atoms with E-state index in [1.807, 2.05) is 0 Å². The molecule has 1 unspecified atom stereocenters. The number of rotatable bonds is 6. The monoisotopic (exact) mass is 360 g/mol. The minimum Gasteiger partial charge on any atom is -0.459 e. The van der Waals surface area contributed by atoms with E-state index in [2.05, 4.69) is 31.9 Å². The van der Waals surface area contributed by atoms with E-state index in [0.29, 0.717) is 0 Å². The van der Waals surface area contributed by atoms with Gasteiger partial charge in [-0.25, -0.2) is 0 Å². The van der Waals surface area contributed by atoms with Gasteiger partial charge in [-0.1, -0.05) is 31.9 Å². The van der Waals surface area contributed by atoms with Crippen LogP contribution < -0.4 is 0 Å². The largest absolute Gasteiger partial charge is 0.459 e. The number of alkyl halides is 2. The van der Waals surface area contributed by atoms with Gasteiger partial charge in [-0.15, -0.1) is 0 Å². The summed E-state index contributed by atoms with van der Waals surface area (Å²) in [5, 5.41) is 10.4. The van der Waals surface area contributed by atoms with Crippen molar-refractivity contribution in [3.63, 3.8) is 0 Å². The van der Waals surface area contributed by atoms with Crippen molar-refractivity contribution in [1.82, 2.24) is 0 Å². The molecule has 0 saturated heterocycles. The first-order valence-corrected chi connectivity index (χ1v) is 6.81. The zero-order chi connectivity index (χ0) is 12.7. The molecule has 0 rings (SSSR count). The lowest BCUT2D eigenvalue weighted by atomic mass is 10.1. The summed E-state index contributed by atoms with van der Waals surface area (Å²) in [5.74, 6) is -1.00. The number of halogens is 2. The van der Waals surface area contributed by atoms with Crippen molar-refractivity contribution >= 4 is 43.8 Å². The molecule has 0 amide bonds. The van der Waals surface area contributed by atoms with Crippen molar-refractivity contribution < 1.29 is 24.2 Å². The predicted molar refractivity (Wildman–Crippen MR) is 64.7 cm³/mol. The Morgan fingerprint density at radius 3 is 1.56 bits per heavy atom. The van der Waals surface area contributed by atoms with E-state index in [4.69, 9.17) is 9.47 Å². The molecule has 0 aromatic rings. The lowest BCUT2D eigenvalue weighted by molar-refractivity contribution is -0.163. The molecule has 0 radical (unpaired) electrons. The first-order valence-electron chi connectivity index (χ1n) is 4.56. The van der Waals surface area contributed by atoms with Gasteiger partial charge in [-0.05, 0) is 0 Å². The molecule has 94 valence electrons. The molecule has 3 atom stereocenters. The van der Waals surface area contributed by atoms with Crippen LogP contribution >= 0.6 is 31.9 Å². The normalized spacial score (nSPS) is 16.1. The second-order valence-corrected chi connectivity index (χ2v) is 4.39. The van der Waals surface area contributed by atoms with E-state index in [1.165, 1.54) is 13.8 Å². The molecule has 0 aliphatic rings. The van der Waals surface area contributed by atoms with Gasteiger partial charge >= 0.3 is 11.9 Å². The number of carbonyl (C=O) groups is 2. The average Bonchev–Trinajstić information content (AvgIpc) is 2.20. The van der Waals surface area contributed by atoms with Crippen LogP contribution in [0.25, 0.3) is 0 Å². The SMILES string of the molecule is CC(=O)O[C@@H](CBr)C(O)[C@@H](CBr)OC(C)=O. The van der Waals surface area contributed by atoms with Crippen LogP contribution in [-0.2, 0) is 19.1 Å². The van der Waals surface area contributed by atoms with Gasteiger partial charge < -0.3 is 14.6 Å². The maximum absolute atomic E-state index is 10.8. The van der Waals surface area contributed by atoms with Crippen molar-refractivity contribution in [1.29, 1.82) is 0 Å². The zero-order valence-corrected chi connectivity index (χ0v) is 12.2. The van der Waals surface area contributed by atoms with Gasteiger partial charge in [0.2, 0.25) is 0 Å². The molecule has 0 aromatic heterocycles. The third-order valence-electron chi connectivity index (χ3n) is 1.70. The van der Waals surface area contributed by atoms with Crippen LogP contribution in [0.2, 0.25) is 0 Å². The number of carbonyl (C=O) groups excluding carboxylic acids is 2. The van der Waals surface area contributed by atoms with Gasteiger partial charge in [0.1, 0.15) is 18.3 Å². The smallest absolute Gasteiger partial charge is 0.303 e. The van der Waals surface area contributed by atoms with Crippen molar-refractivity contribution in [2.45, 2.75) is 32.2 Å². The van der Waals surface area contributed by atoms with Crippen molar-refractivity contribution in [2.24, 2.45) is 0 Å². The second kappa shape index (κ2) is 8.03. The molecule has 0 spiro atoms. The standard InChI is InChI=1S/C9H14Br2O5/c1-5(12)15-7(3-10)9(14)8(4-11)16-6(2)13/h7-9,14H,3-4H2,1-2H3/t7-,8+,9?. The third kappa shape index (κ3) is 5.81. The van der Waals surface area contributed by atoms with Gasteiger partial charge in [-0.2, -0.15) is 0 Å². The molecule has 0 aliphatic heterocycles. The topological polar surface area (TPSA) is 72.8 Å². The molecule has 0 aromatic carbocycles. The Morgan fingerprint density at radius 2 is 1.38 bits per heavy atom. The highest BCUT2D eigenvalue weighted by atomic mass is 79.9. The summed E-state index contributed by atoms with van der Waals surface area (Å²) in [6.45, 7) is 2.49. The van der Waals surface area contributed by atoms with Crippen LogP contribution in [0.4, 0.5) is 0 Å². The van der Waals surface area contributed by atoms with Crippen LogP contribution in [0.3, 0.4) is 0 Å². The molecule has 5 nitrogen and oxygen atoms in total. The number of ether oxygens (including phenoxy) is 2. The van der Waals surface area contributed by atoms with Gasteiger partial charge in [0.05, 0.1) is 0 Å². The summed E-state index contributed by atoms with van der Waals surface area (Å²) in [6.07, 6.45) is -2.58. The summed E-state index contributed by atoms with van der Waals surface area (Å²) in [7, 11) is 0. The number of aliphatic hydroxyl groups is 1. The third-order valence-corrected chi connectivity index (χ3v) is 2.98. The fraction of sp³-hybridized carbons (Fsp3) is 0.778. The predicted octanol–water partition coefficient (Wildman–Crippen LogP) is 1.00. The zero-order valence-electron chi connectivity index (χ0n) is 8.98. The maximum atomic E-state index is 10.8. The van der Waals surface area contributed by atoms with E-state index >= 15 is 0 Å². The molecule has 0 bridgehead atoms. The molecule has 1 N–H and O–H groups in total. The quantitative estimate of drug-likeness (QED) is 0.564. The highest BCUT2D eigenvalue weighted by molar-refractivity contribution is 9.09. The van der Waals surface area contributed by atoms with Gasteiger partial charge in [0.15, 0.2) is 0 Å². The molecular formula is C9H14Br2O5. The van der Waals surface area contributed by atoms with E-state index in [-0.39, 0.29) is 10.7 Å². The molecule has 16 heavy (non-hydrogen) atoms. The summed E-state index contributed by atoms with van der Waals surface area (Å²) < 4.78 is 9.76. The number of aliphatic hydroxyl groups excluding tert-OH is 1. The molecule has 0 heterocycles. The molecule has 0 saturated carbocycles. The maximum Gasteiger partial charge on any atom is 0.303 e. The van der Waals surface area contributed by atoms with Crippen LogP contribution in [0.15, 0.2) is 0 Å². The minimum absolute atomic E-state index is 0.262. The van der Waals surface area contributed by atoms with Crippen molar-refractivity contribution in [3.8, 4) is 0 Å². The number of esters is 2. The fourth-order valence-corrected chi connectivity index (χ4v) is 2.08. The molecular weight excluding hydrogens is 348 g/mol. The Labute approximate surface area is 111 Å². The van der Waals surface area contributed by atoms with Crippen LogP contribution in [0, 0.1) is 0 Å². The van der Waals surface area contributed by atoms with Crippen molar-refractivity contribution in [2.75, 3.05) is 10.7 Å². The summed E-state index contributed by atoms with van der Waals surface area (Å²) in [5.41, 5.74) is 0. The molecule has 0 aliphatic carbocycles. The van der Waals surface area contributed by atoms with Gasteiger partial charge in [0, 0.05) is 24.5 Å². The lowest BCUT2D eigenvalue weighted by Gasteiger charge is -2.26. The van der Waals surface area contributed by atoms with E-state index in [1.54, 1.807) is 0 Å². The second-order valence-electron chi connectivity index (χ2n) is 3.09. The van der Waals surface area contributed by atoms with Gasteiger partial charge in [0.25, 0.3) is 0 Å². The number of hydrogen-bond donors (Lipinski definition) is 1. The summed E-state index contributed by atoms with van der Waals surface area (Å²) in [4.78, 5) is 21.6. The van der Waals surface area contributed by atoms with Crippen LogP contribution in [0.1, 0.15) is 13.8 Å². The van der Waals surface area contributed by atoms with E-state index in [0.717, 1.165) is 0 Å². The average molecular weight is 362 g/mol.